The van der Waals surface area contributed by atoms with Crippen molar-refractivity contribution in [1.82, 2.24) is 39.5 Å². The van der Waals surface area contributed by atoms with Gasteiger partial charge in [-0.1, -0.05) is 89.3 Å². The van der Waals surface area contributed by atoms with Crippen LogP contribution in [-0.2, 0) is 115 Å². The number of hydrogen-bond acceptors (Lipinski definition) is 28. The molecule has 1 saturated carbocycles. The fourth-order valence-electron chi connectivity index (χ4n) is 17.4. The minimum Gasteiger partial charge on any atom is -0.460 e. The van der Waals surface area contributed by atoms with Gasteiger partial charge in [0.05, 0.1) is 142 Å². The lowest BCUT2D eigenvalue weighted by Crippen LogP contribution is -2.61. The number of nitrogens with zero attached hydrogens (tertiary/aromatic N) is 7. The summed E-state index contributed by atoms with van der Waals surface area (Å²) < 4.78 is 83.3. The predicted molar refractivity (Wildman–Crippen MR) is 470 cm³/mol. The van der Waals surface area contributed by atoms with Crippen molar-refractivity contribution in [1.29, 1.82) is 0 Å². The van der Waals surface area contributed by atoms with Crippen molar-refractivity contribution in [3.63, 3.8) is 0 Å². The number of ketones is 2. The number of nitrogens with one attached hydrogen (secondary N) is 1. The highest BCUT2D eigenvalue weighted by Crippen LogP contribution is 2.40. The average Bonchev–Trinajstić information content (AvgIpc) is 1.49. The second-order valence-electron chi connectivity index (χ2n) is 34.3. The number of fused-ring (bicyclic) bond motifs is 6. The van der Waals surface area contributed by atoms with Crippen LogP contribution >= 0.6 is 0 Å². The van der Waals surface area contributed by atoms with Gasteiger partial charge >= 0.3 is 11.9 Å². The number of H-pyrrole nitrogens is 1. The van der Waals surface area contributed by atoms with Crippen LogP contribution < -0.4 is 5.73 Å². The summed E-state index contributed by atoms with van der Waals surface area (Å²) >= 11 is 0. The van der Waals surface area contributed by atoms with E-state index < -0.39 is 96.1 Å². The standard InChI is InChI=1S/C94H137N9O23/c1-61-17-12-11-13-18-62(2)78(113-8)55-74-25-21-67(7)94(112,126-74)88(109)92(110)102-31-15-14-19-75(102)93(111)125-79(56-76(104)63(3)50-66(6)86(108)87(115-10)85(107)65(5)49-61)64(4)51-68-23-26-77(80(53-68)114-9)124-82(106)20-16-33-116-35-37-118-39-41-120-43-45-122-47-48-123-46-44-121-42-40-119-38-36-117-34-29-81(105)101-32-28-70-52-69(22-24-72(70)59-101)58-103-91-83(89(95)98-60-99-91)84(100-103)73-54-71-27-30-96-90(71)97-57-73/h11-13,17-18,22,24,27,30,50,52,54,57,60-61,63-65,67-68,74-80,86-87,104,108,112H,14-16,19-21,23,25-26,28-29,31-49,51,53,55-56,58-59H2,1-10H3,(H,96,97)(H2,95,98,99)/b13-11+,17-12+,62-18+,66-50+/t61-,63-,64-,65-,67-,68+,74+,75+,76-,77-,78+,79+,80-,86-,87+,94-/m1/s1. The summed E-state index contributed by atoms with van der Waals surface area (Å²) in [7, 11) is 4.55. The van der Waals surface area contributed by atoms with E-state index in [9.17, 15) is 44.1 Å². The number of nitrogens with two attached hydrogens (primary N) is 1. The van der Waals surface area contributed by atoms with Gasteiger partial charge in [-0.15, -0.1) is 0 Å². The molecule has 4 aliphatic heterocycles. The zero-order chi connectivity index (χ0) is 90.1. The number of anilines is 1. The number of pyridine rings is 1. The number of esters is 2. The van der Waals surface area contributed by atoms with Crippen LogP contribution in [0.3, 0.4) is 0 Å². The van der Waals surface area contributed by atoms with Crippen LogP contribution in [0.2, 0.25) is 0 Å². The number of aromatic nitrogens is 6. The molecular weight excluding hydrogens is 1620 g/mol. The molecule has 126 heavy (non-hydrogen) atoms. The molecule has 1 aromatic carbocycles. The number of hydrogen-bond donors (Lipinski definition) is 5. The lowest BCUT2D eigenvalue weighted by Gasteiger charge is -2.43. The molecule has 5 aromatic rings. The number of aromatic amines is 1. The molecule has 0 spiro atoms. The first-order valence-corrected chi connectivity index (χ1v) is 45.1. The smallest absolute Gasteiger partial charge is 0.329 e. The molecule has 0 radical (unpaired) electrons. The van der Waals surface area contributed by atoms with Crippen LogP contribution in [0, 0.1) is 35.5 Å². The summed E-state index contributed by atoms with van der Waals surface area (Å²) in [6.45, 7) is 20.7. The Morgan fingerprint density at radius 1 is 0.698 bits per heavy atom. The van der Waals surface area contributed by atoms with Crippen molar-refractivity contribution in [3.05, 3.63) is 113 Å². The van der Waals surface area contributed by atoms with Crippen molar-refractivity contribution in [2.45, 2.75) is 225 Å². The number of amides is 2. The van der Waals surface area contributed by atoms with Crippen molar-refractivity contribution in [2.75, 3.05) is 146 Å². The molecule has 696 valence electrons. The minimum atomic E-state index is -2.47. The first-order chi connectivity index (χ1) is 60.9. The Balaban J connectivity index is 0.553. The Morgan fingerprint density at radius 3 is 2.06 bits per heavy atom. The quantitative estimate of drug-likeness (QED) is 0.0106. The number of carbonyl (C=O) groups is 6. The summed E-state index contributed by atoms with van der Waals surface area (Å²) in [5.41, 5.74) is 14.0. The van der Waals surface area contributed by atoms with E-state index in [0.29, 0.717) is 224 Å². The van der Waals surface area contributed by atoms with Gasteiger partial charge in [0.2, 0.25) is 11.7 Å². The summed E-state index contributed by atoms with van der Waals surface area (Å²) in [4.78, 5) is 104. The van der Waals surface area contributed by atoms with E-state index >= 15 is 0 Å². The van der Waals surface area contributed by atoms with Crippen LogP contribution in [0.4, 0.5) is 5.82 Å². The van der Waals surface area contributed by atoms with Crippen molar-refractivity contribution >= 4 is 63.2 Å². The van der Waals surface area contributed by atoms with Gasteiger partial charge in [0.15, 0.2) is 11.4 Å². The highest BCUT2D eigenvalue weighted by atomic mass is 16.6. The highest BCUT2D eigenvalue weighted by molar-refractivity contribution is 6.39. The topological polar surface area (TPSA) is 397 Å². The van der Waals surface area contributed by atoms with Gasteiger partial charge in [-0.25, -0.2) is 24.4 Å². The van der Waals surface area contributed by atoms with E-state index in [1.165, 1.54) is 23.9 Å². The van der Waals surface area contributed by atoms with E-state index in [-0.39, 0.29) is 67.6 Å². The molecule has 6 N–H and O–H groups in total. The first kappa shape index (κ1) is 100.0. The number of ether oxygens (including phenoxy) is 14. The molecule has 1 aliphatic carbocycles. The number of cyclic esters (lactones) is 1. The van der Waals surface area contributed by atoms with Gasteiger partial charge in [0, 0.05) is 108 Å². The number of carbonyl (C=O) groups excluding carboxylic acids is 6. The van der Waals surface area contributed by atoms with Crippen LogP contribution in [0.1, 0.15) is 161 Å². The maximum absolute atomic E-state index is 14.8. The van der Waals surface area contributed by atoms with E-state index in [4.69, 9.17) is 77.1 Å². The Morgan fingerprint density at radius 2 is 1.38 bits per heavy atom. The lowest BCUT2D eigenvalue weighted by atomic mass is 9.78. The number of allylic oxidation sites excluding steroid dienone is 5. The molecule has 3 fully saturated rings. The molecule has 2 bridgehead atoms. The number of Topliss-reactive ketones (excluding diaryl/α,β-unsaturated/α-hetero) is 2. The summed E-state index contributed by atoms with van der Waals surface area (Å²) in [5.74, 6) is -7.80. The van der Waals surface area contributed by atoms with E-state index in [1.54, 1.807) is 47.3 Å². The van der Waals surface area contributed by atoms with Gasteiger partial charge in [0.25, 0.3) is 11.7 Å². The number of rotatable bonds is 38. The predicted octanol–water partition coefficient (Wildman–Crippen LogP) is 9.72. The van der Waals surface area contributed by atoms with Crippen LogP contribution in [0.15, 0.2) is 96.7 Å². The molecule has 8 heterocycles. The molecule has 10 rings (SSSR count). The van der Waals surface area contributed by atoms with E-state index in [1.807, 2.05) is 86.0 Å². The van der Waals surface area contributed by atoms with Crippen molar-refractivity contribution in [2.24, 2.45) is 35.5 Å². The molecule has 16 atom stereocenters. The van der Waals surface area contributed by atoms with Crippen LogP contribution in [0.25, 0.3) is 33.3 Å². The monoisotopic (exact) mass is 1760 g/mol. The van der Waals surface area contributed by atoms with Gasteiger partial charge in [-0.3, -0.25) is 24.0 Å². The van der Waals surface area contributed by atoms with Crippen LogP contribution in [0.5, 0.6) is 0 Å². The number of benzene rings is 1. The summed E-state index contributed by atoms with van der Waals surface area (Å²) in [6.07, 6.45) is 16.6. The number of aliphatic hydroxyl groups is 3. The molecular formula is C94H137N9O23. The zero-order valence-electron chi connectivity index (χ0n) is 75.4. The second kappa shape index (κ2) is 51.3. The number of methoxy groups -OCH3 is 3. The number of aliphatic hydroxyl groups excluding tert-OH is 2. The minimum absolute atomic E-state index is 0.00458. The largest absolute Gasteiger partial charge is 0.460 e. The third-order valence-electron chi connectivity index (χ3n) is 24.9. The molecule has 5 aliphatic rings. The third-order valence-corrected chi connectivity index (χ3v) is 24.9. The Hall–Kier alpha value is -8.16. The summed E-state index contributed by atoms with van der Waals surface area (Å²) in [6, 6.07) is 9.17. The van der Waals surface area contributed by atoms with Gasteiger partial charge < -0.3 is 102 Å². The highest BCUT2D eigenvalue weighted by Gasteiger charge is 2.53. The molecule has 4 aromatic heterocycles. The summed E-state index contributed by atoms with van der Waals surface area (Å²) in [5, 5.41) is 42.5. The Labute approximate surface area is 740 Å². The molecule has 2 amide bonds. The van der Waals surface area contributed by atoms with Crippen molar-refractivity contribution in [3.8, 4) is 11.3 Å². The molecule has 2 saturated heterocycles. The first-order valence-electron chi connectivity index (χ1n) is 45.1. The SMILES string of the molecule is CO[C@H]1C[C@@H]2CC[C@@H](C)[C@@](O)(O2)C(=O)C(=O)N2CCCC[C@H]2C(=O)O[C@H]([C@H](C)C[C@@H]2CC[C@@H](OC(=O)CCCOCCOCCOCCOCCOCCOCCOCCOCCC(=O)N3CCc4cc(Cn5nc(-c6cnc7[nH]ccc7c6)c6c(N)ncnc65)ccc4C3)[C@H](OC)C2)C[C@@H](O)[C@H](C)/C=C(\C)[C@@H](O)[C@@H](OC)C(=O)[C@H](C)C[C@H](C)/C=C/C=C/C=C/1C. The van der Waals surface area contributed by atoms with E-state index in [2.05, 4.69) is 38.1 Å². The van der Waals surface area contributed by atoms with Gasteiger partial charge in [-0.05, 0) is 149 Å². The Kier molecular flexibility index (Phi) is 40.7. The Bertz CT molecular complexity index is 4400. The maximum atomic E-state index is 14.8. The molecule has 32 nitrogen and oxygen atoms in total. The fourth-order valence-corrected chi connectivity index (χ4v) is 17.4. The normalized spacial score (nSPS) is 27.7. The number of piperidine rings is 1. The molecule has 32 heteroatoms. The lowest BCUT2D eigenvalue weighted by molar-refractivity contribution is -0.265. The van der Waals surface area contributed by atoms with Crippen molar-refractivity contribution < 1.29 is 110 Å². The molecule has 0 unspecified atom stereocenters. The fraction of sp³-hybridized carbons (Fsp3) is 0.660. The van der Waals surface area contributed by atoms with Crippen LogP contribution in [-0.4, -0.2) is 291 Å². The average molecular weight is 1760 g/mol. The third kappa shape index (κ3) is 29.2. The second-order valence-corrected chi connectivity index (χ2v) is 34.3. The van der Waals surface area contributed by atoms with E-state index in [0.717, 1.165) is 39.7 Å². The van der Waals surface area contributed by atoms with Gasteiger partial charge in [0.1, 0.15) is 53.9 Å². The van der Waals surface area contributed by atoms with Gasteiger partial charge in [-0.2, -0.15) is 5.10 Å². The number of nitrogen functional groups attached to an aromatic ring is 1. The zero-order valence-corrected chi connectivity index (χ0v) is 75.4. The maximum Gasteiger partial charge on any atom is 0.329 e.